The summed E-state index contributed by atoms with van der Waals surface area (Å²) in [5.41, 5.74) is 1.24. The Morgan fingerprint density at radius 2 is 2.22 bits per heavy atom. The van der Waals surface area contributed by atoms with Gasteiger partial charge in [-0.2, -0.15) is 0 Å². The van der Waals surface area contributed by atoms with Gasteiger partial charge in [0.05, 0.1) is 0 Å². The van der Waals surface area contributed by atoms with E-state index >= 15 is 0 Å². The summed E-state index contributed by atoms with van der Waals surface area (Å²) < 4.78 is 10.6. The van der Waals surface area contributed by atoms with Crippen molar-refractivity contribution in [3.8, 4) is 11.5 Å². The molecule has 0 aliphatic carbocycles. The van der Waals surface area contributed by atoms with Gasteiger partial charge in [-0.15, -0.1) is 0 Å². The Hall–Kier alpha value is -1.91. The van der Waals surface area contributed by atoms with Crippen LogP contribution in [-0.4, -0.2) is 32.4 Å². The van der Waals surface area contributed by atoms with Crippen molar-refractivity contribution < 1.29 is 9.47 Å². The van der Waals surface area contributed by atoms with E-state index in [1.54, 1.807) is 0 Å². The highest BCUT2D eigenvalue weighted by atomic mass is 16.7. The van der Waals surface area contributed by atoms with Crippen molar-refractivity contribution in [3.63, 3.8) is 0 Å². The first-order valence-corrected chi connectivity index (χ1v) is 6.32. The van der Waals surface area contributed by atoms with Crippen LogP contribution in [0, 0.1) is 0 Å². The summed E-state index contributed by atoms with van der Waals surface area (Å²) >= 11 is 0. The van der Waals surface area contributed by atoms with Gasteiger partial charge >= 0.3 is 0 Å². The van der Waals surface area contributed by atoms with E-state index in [2.05, 4.69) is 21.7 Å². The normalized spacial score (nSPS) is 17.0. The van der Waals surface area contributed by atoms with Crippen LogP contribution in [0.15, 0.2) is 23.2 Å². The Morgan fingerprint density at radius 1 is 1.28 bits per heavy atom. The van der Waals surface area contributed by atoms with Gasteiger partial charge in [-0.25, -0.2) is 0 Å². The fourth-order valence-corrected chi connectivity index (χ4v) is 2.07. The van der Waals surface area contributed by atoms with Crippen LogP contribution >= 0.6 is 0 Å². The molecule has 2 N–H and O–H groups in total. The monoisotopic (exact) mass is 247 g/mol. The standard InChI is InChI=1S/C13H17N3O2/c1-5-14-13(15-6-1)16-7-4-10-2-3-11-12(8-10)18-9-17-11/h2-3,8H,1,4-7,9H2,(H2,14,15,16). The van der Waals surface area contributed by atoms with Gasteiger partial charge in [-0.3, -0.25) is 4.99 Å². The number of fused-ring (bicyclic) bond motifs is 1. The smallest absolute Gasteiger partial charge is 0.231 e. The molecule has 0 radical (unpaired) electrons. The van der Waals surface area contributed by atoms with Crippen molar-refractivity contribution >= 4 is 5.96 Å². The molecule has 0 atom stereocenters. The highest BCUT2D eigenvalue weighted by Crippen LogP contribution is 2.32. The molecule has 0 unspecified atom stereocenters. The predicted octanol–water partition coefficient (Wildman–Crippen LogP) is 0.897. The summed E-state index contributed by atoms with van der Waals surface area (Å²) in [6.07, 6.45) is 2.06. The number of nitrogens with zero attached hydrogens (tertiary/aromatic N) is 1. The molecular weight excluding hydrogens is 230 g/mol. The highest BCUT2D eigenvalue weighted by molar-refractivity contribution is 5.80. The summed E-state index contributed by atoms with van der Waals surface area (Å²) in [7, 11) is 0. The van der Waals surface area contributed by atoms with E-state index in [1.165, 1.54) is 5.56 Å². The maximum Gasteiger partial charge on any atom is 0.231 e. The molecule has 1 aromatic carbocycles. The SMILES string of the molecule is c1cc2c(cc1CCNC1=NCCCN1)OCO2. The molecule has 0 saturated heterocycles. The minimum Gasteiger partial charge on any atom is -0.454 e. The number of aliphatic imine (C=N–C) groups is 1. The lowest BCUT2D eigenvalue weighted by molar-refractivity contribution is 0.174. The van der Waals surface area contributed by atoms with Crippen molar-refractivity contribution in [1.29, 1.82) is 0 Å². The quantitative estimate of drug-likeness (QED) is 0.833. The van der Waals surface area contributed by atoms with E-state index in [1.807, 2.05) is 12.1 Å². The summed E-state index contributed by atoms with van der Waals surface area (Å²) in [4.78, 5) is 4.37. The van der Waals surface area contributed by atoms with Gasteiger partial charge in [0, 0.05) is 19.6 Å². The lowest BCUT2D eigenvalue weighted by atomic mass is 10.1. The second kappa shape index (κ2) is 5.16. The van der Waals surface area contributed by atoms with Gasteiger partial charge < -0.3 is 20.1 Å². The van der Waals surface area contributed by atoms with Crippen LogP contribution in [0.2, 0.25) is 0 Å². The van der Waals surface area contributed by atoms with Crippen molar-refractivity contribution in [2.45, 2.75) is 12.8 Å². The zero-order chi connectivity index (χ0) is 12.2. The first-order valence-electron chi connectivity index (χ1n) is 6.32. The number of hydrogen-bond acceptors (Lipinski definition) is 5. The average Bonchev–Trinajstić information content (AvgIpc) is 2.87. The minimum absolute atomic E-state index is 0.331. The summed E-state index contributed by atoms with van der Waals surface area (Å²) in [5.74, 6) is 2.60. The van der Waals surface area contributed by atoms with Crippen LogP contribution in [0.3, 0.4) is 0 Å². The fourth-order valence-electron chi connectivity index (χ4n) is 2.07. The molecule has 5 nitrogen and oxygen atoms in total. The fraction of sp³-hybridized carbons (Fsp3) is 0.462. The first kappa shape index (κ1) is 11.2. The van der Waals surface area contributed by atoms with Crippen LogP contribution in [0.25, 0.3) is 0 Å². The molecule has 3 rings (SSSR count). The van der Waals surface area contributed by atoms with Gasteiger partial charge in [0.25, 0.3) is 0 Å². The molecule has 0 saturated carbocycles. The Balaban J connectivity index is 1.52. The van der Waals surface area contributed by atoms with E-state index in [4.69, 9.17) is 9.47 Å². The van der Waals surface area contributed by atoms with Gasteiger partial charge in [-0.05, 0) is 30.5 Å². The number of ether oxygens (including phenoxy) is 2. The molecule has 2 aliphatic heterocycles. The third-order valence-electron chi connectivity index (χ3n) is 3.04. The largest absolute Gasteiger partial charge is 0.454 e. The summed E-state index contributed by atoms with van der Waals surface area (Å²) in [6.45, 7) is 3.12. The Bertz CT molecular complexity index is 460. The number of rotatable bonds is 3. The third-order valence-corrected chi connectivity index (χ3v) is 3.04. The van der Waals surface area contributed by atoms with Crippen LogP contribution in [-0.2, 0) is 6.42 Å². The van der Waals surface area contributed by atoms with Crippen molar-refractivity contribution in [2.24, 2.45) is 4.99 Å². The lowest BCUT2D eigenvalue weighted by Gasteiger charge is -2.15. The van der Waals surface area contributed by atoms with Gasteiger partial charge in [-0.1, -0.05) is 6.07 Å². The summed E-state index contributed by atoms with van der Waals surface area (Å²) in [5, 5.41) is 6.55. The zero-order valence-electron chi connectivity index (χ0n) is 10.2. The topological polar surface area (TPSA) is 54.9 Å². The maximum atomic E-state index is 5.36. The highest BCUT2D eigenvalue weighted by Gasteiger charge is 2.13. The second-order valence-corrected chi connectivity index (χ2v) is 4.38. The van der Waals surface area contributed by atoms with E-state index < -0.39 is 0 Å². The Kier molecular flexibility index (Phi) is 3.21. The molecule has 0 aromatic heterocycles. The van der Waals surface area contributed by atoms with Crippen molar-refractivity contribution in [3.05, 3.63) is 23.8 Å². The van der Waals surface area contributed by atoms with Crippen molar-refractivity contribution in [2.75, 3.05) is 26.4 Å². The average molecular weight is 247 g/mol. The van der Waals surface area contributed by atoms with Gasteiger partial charge in [0.2, 0.25) is 6.79 Å². The van der Waals surface area contributed by atoms with E-state index in [-0.39, 0.29) is 0 Å². The molecule has 0 amide bonds. The molecule has 0 spiro atoms. The molecule has 0 bridgehead atoms. The molecule has 18 heavy (non-hydrogen) atoms. The predicted molar refractivity (Wildman–Crippen MR) is 69.2 cm³/mol. The maximum absolute atomic E-state index is 5.36. The molecule has 2 aliphatic rings. The first-order chi connectivity index (χ1) is 8.92. The Morgan fingerprint density at radius 3 is 3.11 bits per heavy atom. The number of hydrogen-bond donors (Lipinski definition) is 2. The van der Waals surface area contributed by atoms with E-state index in [9.17, 15) is 0 Å². The molecule has 5 heteroatoms. The van der Waals surface area contributed by atoms with E-state index in [0.717, 1.165) is 49.9 Å². The summed E-state index contributed by atoms with van der Waals surface area (Å²) in [6, 6.07) is 6.08. The lowest BCUT2D eigenvalue weighted by Crippen LogP contribution is -2.41. The number of nitrogens with one attached hydrogen (secondary N) is 2. The molecular formula is C13H17N3O2. The van der Waals surface area contributed by atoms with Gasteiger partial charge in [0.1, 0.15) is 0 Å². The van der Waals surface area contributed by atoms with E-state index in [0.29, 0.717) is 6.79 Å². The minimum atomic E-state index is 0.331. The van der Waals surface area contributed by atoms with Crippen LogP contribution in [0.5, 0.6) is 11.5 Å². The second-order valence-electron chi connectivity index (χ2n) is 4.38. The number of benzene rings is 1. The molecule has 0 fully saturated rings. The van der Waals surface area contributed by atoms with Crippen LogP contribution in [0.1, 0.15) is 12.0 Å². The van der Waals surface area contributed by atoms with Crippen LogP contribution < -0.4 is 20.1 Å². The van der Waals surface area contributed by atoms with Crippen molar-refractivity contribution in [1.82, 2.24) is 10.6 Å². The molecule has 96 valence electrons. The van der Waals surface area contributed by atoms with Crippen LogP contribution in [0.4, 0.5) is 0 Å². The van der Waals surface area contributed by atoms with Gasteiger partial charge in [0.15, 0.2) is 17.5 Å². The molecule has 1 aromatic rings. The zero-order valence-corrected chi connectivity index (χ0v) is 10.2. The third kappa shape index (κ3) is 2.50. The molecule has 2 heterocycles. The Labute approximate surface area is 106 Å². The number of guanidine groups is 1.